The minimum Gasteiger partial charge on any atom is -0.258 e. The molecule has 0 atom stereocenters. The van der Waals surface area contributed by atoms with E-state index in [0.717, 1.165) is 0 Å². The molecule has 0 bridgehead atoms. The van der Waals surface area contributed by atoms with Gasteiger partial charge < -0.3 is 0 Å². The summed E-state index contributed by atoms with van der Waals surface area (Å²) in [6, 6.07) is 7.85. The van der Waals surface area contributed by atoms with Gasteiger partial charge in [-0.05, 0) is 29.9 Å². The van der Waals surface area contributed by atoms with E-state index in [-0.39, 0.29) is 16.9 Å². The molecule has 1 aromatic carbocycles. The maximum absolute atomic E-state index is 10.5. The molecule has 0 radical (unpaired) electrons. The molecule has 0 aliphatic heterocycles. The third-order valence-electron chi connectivity index (χ3n) is 2.38. The van der Waals surface area contributed by atoms with Crippen molar-refractivity contribution >= 4 is 24.1 Å². The minimum atomic E-state index is -0.474. The van der Waals surface area contributed by atoms with Crippen LogP contribution in [-0.4, -0.2) is 26.0 Å². The first-order valence-corrected chi connectivity index (χ1v) is 5.84. The van der Waals surface area contributed by atoms with Crippen LogP contribution in [0.4, 0.5) is 5.69 Å². The maximum atomic E-state index is 10.5. The molecular weight excluding hydrogens is 280 g/mol. The molecule has 0 unspecified atom stereocenters. The van der Waals surface area contributed by atoms with Gasteiger partial charge in [-0.15, -0.1) is 0 Å². The van der Waals surface area contributed by atoms with Gasteiger partial charge in [0, 0.05) is 12.1 Å². The summed E-state index contributed by atoms with van der Waals surface area (Å²) < 4.78 is 1.60. The standard InChI is InChI=1S/C11H8N6O2S/c12-6-5-10-14-15-11(20)16(10)13-7-8-1-3-9(4-2-8)17(18)19/h1-4,7H,5H2,(H,15,20)/b13-7+. The van der Waals surface area contributed by atoms with Gasteiger partial charge in [0.1, 0.15) is 0 Å². The lowest BCUT2D eigenvalue weighted by molar-refractivity contribution is -0.384. The van der Waals surface area contributed by atoms with Crippen molar-refractivity contribution in [2.45, 2.75) is 6.42 Å². The second kappa shape index (κ2) is 5.85. The summed E-state index contributed by atoms with van der Waals surface area (Å²) in [7, 11) is 0. The lowest BCUT2D eigenvalue weighted by Gasteiger charge is -1.96. The number of rotatable bonds is 4. The van der Waals surface area contributed by atoms with Crippen LogP contribution in [0.15, 0.2) is 29.4 Å². The number of nitriles is 1. The summed E-state index contributed by atoms with van der Waals surface area (Å²) in [5.41, 5.74) is 0.675. The molecule has 1 heterocycles. The summed E-state index contributed by atoms with van der Waals surface area (Å²) in [5.74, 6) is 0.399. The van der Waals surface area contributed by atoms with Crippen LogP contribution in [0, 0.1) is 26.2 Å². The van der Waals surface area contributed by atoms with E-state index in [0.29, 0.717) is 11.4 Å². The predicted molar refractivity (Wildman–Crippen MR) is 72.8 cm³/mol. The Morgan fingerprint density at radius 1 is 1.55 bits per heavy atom. The Kier molecular flexibility index (Phi) is 3.97. The molecule has 0 amide bonds. The molecule has 0 aliphatic carbocycles. The van der Waals surface area contributed by atoms with Crippen molar-refractivity contribution in [2.75, 3.05) is 0 Å². The van der Waals surface area contributed by atoms with Crippen LogP contribution >= 0.6 is 12.2 Å². The molecule has 0 saturated carbocycles. The zero-order valence-corrected chi connectivity index (χ0v) is 10.9. The Morgan fingerprint density at radius 2 is 2.25 bits per heavy atom. The molecule has 0 spiro atoms. The van der Waals surface area contributed by atoms with Gasteiger partial charge in [-0.25, -0.2) is 0 Å². The van der Waals surface area contributed by atoms with Gasteiger partial charge in [0.05, 0.1) is 23.6 Å². The normalized spacial score (nSPS) is 10.6. The lowest BCUT2D eigenvalue weighted by atomic mass is 10.2. The molecule has 2 aromatic rings. The molecule has 0 aliphatic rings. The number of nitrogens with one attached hydrogen (secondary N) is 1. The Bertz CT molecular complexity index is 752. The number of aromatic nitrogens is 3. The Hall–Kier alpha value is -2.86. The topological polar surface area (TPSA) is 113 Å². The summed E-state index contributed by atoms with van der Waals surface area (Å²) in [5, 5.41) is 29.7. The molecule has 9 heteroatoms. The molecule has 1 N–H and O–H groups in total. The quantitative estimate of drug-likeness (QED) is 0.399. The van der Waals surface area contributed by atoms with E-state index < -0.39 is 4.92 Å². The zero-order chi connectivity index (χ0) is 14.5. The Balaban J connectivity index is 2.25. The van der Waals surface area contributed by atoms with Crippen LogP contribution in [0.5, 0.6) is 0 Å². The fraction of sp³-hybridized carbons (Fsp3) is 0.0909. The number of nitro benzene ring substituents is 1. The van der Waals surface area contributed by atoms with Gasteiger partial charge in [0.2, 0.25) is 4.77 Å². The van der Waals surface area contributed by atoms with Gasteiger partial charge in [0.25, 0.3) is 5.69 Å². The number of non-ortho nitro benzene ring substituents is 1. The Labute approximate surface area is 118 Å². The zero-order valence-electron chi connectivity index (χ0n) is 10.1. The smallest absolute Gasteiger partial charge is 0.258 e. The minimum absolute atomic E-state index is 0.00671. The van der Waals surface area contributed by atoms with Gasteiger partial charge in [-0.2, -0.15) is 20.1 Å². The van der Waals surface area contributed by atoms with Crippen LogP contribution < -0.4 is 0 Å². The number of aromatic amines is 1. The van der Waals surface area contributed by atoms with Crippen molar-refractivity contribution in [1.82, 2.24) is 14.9 Å². The first kappa shape index (κ1) is 13.6. The highest BCUT2D eigenvalue weighted by molar-refractivity contribution is 7.71. The first-order chi connectivity index (χ1) is 9.61. The van der Waals surface area contributed by atoms with Crippen molar-refractivity contribution in [1.29, 1.82) is 5.26 Å². The van der Waals surface area contributed by atoms with E-state index in [1.165, 1.54) is 23.0 Å². The second-order valence-electron chi connectivity index (χ2n) is 3.68. The number of hydrogen-bond donors (Lipinski definition) is 1. The predicted octanol–water partition coefficient (Wildman–Crippen LogP) is 1.80. The molecule has 0 fully saturated rings. The number of nitrogens with zero attached hydrogens (tertiary/aromatic N) is 5. The lowest BCUT2D eigenvalue weighted by Crippen LogP contribution is -1.98. The fourth-order valence-electron chi connectivity index (χ4n) is 1.43. The largest absolute Gasteiger partial charge is 0.269 e. The first-order valence-electron chi connectivity index (χ1n) is 5.44. The number of benzene rings is 1. The highest BCUT2D eigenvalue weighted by Gasteiger charge is 2.05. The fourth-order valence-corrected chi connectivity index (χ4v) is 1.63. The summed E-state index contributed by atoms with van der Waals surface area (Å²) in [6.45, 7) is 0. The highest BCUT2D eigenvalue weighted by atomic mass is 32.1. The third kappa shape index (κ3) is 2.93. The van der Waals surface area contributed by atoms with Gasteiger partial charge in [-0.3, -0.25) is 15.2 Å². The van der Waals surface area contributed by atoms with Crippen LogP contribution in [0.3, 0.4) is 0 Å². The van der Waals surface area contributed by atoms with E-state index in [1.807, 2.05) is 6.07 Å². The van der Waals surface area contributed by atoms with Crippen LogP contribution in [0.25, 0.3) is 0 Å². The average molecular weight is 288 g/mol. The molecule has 1 aromatic heterocycles. The highest BCUT2D eigenvalue weighted by Crippen LogP contribution is 2.10. The molecule has 20 heavy (non-hydrogen) atoms. The number of H-pyrrole nitrogens is 1. The molecule has 0 saturated heterocycles. The van der Waals surface area contributed by atoms with Gasteiger partial charge in [-0.1, -0.05) is 0 Å². The van der Waals surface area contributed by atoms with E-state index in [2.05, 4.69) is 15.3 Å². The molecular formula is C11H8N6O2S. The summed E-state index contributed by atoms with van der Waals surface area (Å²) >= 11 is 4.99. The second-order valence-corrected chi connectivity index (χ2v) is 4.07. The maximum Gasteiger partial charge on any atom is 0.269 e. The van der Waals surface area contributed by atoms with E-state index in [4.69, 9.17) is 17.5 Å². The van der Waals surface area contributed by atoms with Crippen LogP contribution in [0.2, 0.25) is 0 Å². The SMILES string of the molecule is N#CCc1n[nH]c(=S)n1/N=C/c1ccc([N+](=O)[O-])cc1. The molecule has 8 nitrogen and oxygen atoms in total. The van der Waals surface area contributed by atoms with Gasteiger partial charge in [0.15, 0.2) is 5.82 Å². The van der Waals surface area contributed by atoms with Gasteiger partial charge >= 0.3 is 0 Å². The van der Waals surface area contributed by atoms with E-state index in [1.54, 1.807) is 12.1 Å². The number of hydrogen-bond acceptors (Lipinski definition) is 6. The van der Waals surface area contributed by atoms with Crippen molar-refractivity contribution in [2.24, 2.45) is 5.10 Å². The van der Waals surface area contributed by atoms with Crippen molar-refractivity contribution in [3.8, 4) is 6.07 Å². The number of nitro groups is 1. The van der Waals surface area contributed by atoms with Crippen LogP contribution in [-0.2, 0) is 6.42 Å². The van der Waals surface area contributed by atoms with Crippen molar-refractivity contribution < 1.29 is 4.92 Å². The molecule has 100 valence electrons. The monoisotopic (exact) mass is 288 g/mol. The Morgan fingerprint density at radius 3 is 2.85 bits per heavy atom. The molecule has 2 rings (SSSR count). The summed E-state index contributed by atoms with van der Waals surface area (Å²) in [4.78, 5) is 10.1. The van der Waals surface area contributed by atoms with Crippen molar-refractivity contribution in [3.05, 3.63) is 50.5 Å². The van der Waals surface area contributed by atoms with E-state index in [9.17, 15) is 10.1 Å². The summed E-state index contributed by atoms with van der Waals surface area (Å²) in [6.07, 6.45) is 1.56. The van der Waals surface area contributed by atoms with E-state index >= 15 is 0 Å². The average Bonchev–Trinajstić information content (AvgIpc) is 2.78. The van der Waals surface area contributed by atoms with Crippen LogP contribution in [0.1, 0.15) is 11.4 Å². The van der Waals surface area contributed by atoms with Crippen molar-refractivity contribution in [3.63, 3.8) is 0 Å². The third-order valence-corrected chi connectivity index (χ3v) is 2.65.